The van der Waals surface area contributed by atoms with Gasteiger partial charge >= 0.3 is 0 Å². The standard InChI is InChI=1S/C38H37Cl3N2O4/c1-37(2)16-28-34(30(44)18-37)33(35-29(17-38(3,4)19-31(35)45)43(28)20-22-8-6-5-7-9-22)23-14-26(40)36(27(41)15-23)47-21-32(46)42-25-12-10-24(39)11-13-25/h5-15,33H,16-21H2,1-4H3,(H,42,46). The molecule has 0 spiro atoms. The lowest BCUT2D eigenvalue weighted by Crippen LogP contribution is -2.44. The second-order valence-corrected chi connectivity index (χ2v) is 15.5. The Morgan fingerprint density at radius 3 is 1.87 bits per heavy atom. The summed E-state index contributed by atoms with van der Waals surface area (Å²) in [4.78, 5) is 43.2. The number of anilines is 1. The first kappa shape index (κ1) is 33.3. The largest absolute Gasteiger partial charge is 0.481 e. The molecule has 0 radical (unpaired) electrons. The second-order valence-electron chi connectivity index (χ2n) is 14.3. The minimum absolute atomic E-state index is 0.0231. The monoisotopic (exact) mass is 690 g/mol. The number of hydrogen-bond donors (Lipinski definition) is 1. The van der Waals surface area contributed by atoms with E-state index in [1.54, 1.807) is 36.4 Å². The Bertz CT molecular complexity index is 1750. The Hall–Kier alpha value is -3.58. The summed E-state index contributed by atoms with van der Waals surface area (Å²) in [6.07, 6.45) is 2.12. The number of halogens is 3. The first-order chi connectivity index (χ1) is 22.2. The second kappa shape index (κ2) is 12.8. The lowest BCUT2D eigenvalue weighted by molar-refractivity contribution is -0.120. The van der Waals surface area contributed by atoms with Crippen molar-refractivity contribution in [2.75, 3.05) is 11.9 Å². The van der Waals surface area contributed by atoms with Crippen LogP contribution in [-0.2, 0) is 20.9 Å². The maximum Gasteiger partial charge on any atom is 0.262 e. The lowest BCUT2D eigenvalue weighted by Gasteiger charge is -2.49. The molecule has 3 aromatic carbocycles. The van der Waals surface area contributed by atoms with E-state index in [4.69, 9.17) is 39.5 Å². The molecule has 3 aliphatic rings. The van der Waals surface area contributed by atoms with Gasteiger partial charge < -0.3 is 15.0 Å². The number of Topliss-reactive ketones (excluding diaryl/α,β-unsaturated/α-hetero) is 2. The molecule has 6 nitrogen and oxygen atoms in total. The van der Waals surface area contributed by atoms with Crippen LogP contribution in [-0.4, -0.2) is 29.0 Å². The zero-order chi connectivity index (χ0) is 33.7. The predicted molar refractivity (Wildman–Crippen MR) is 187 cm³/mol. The highest BCUT2D eigenvalue weighted by atomic mass is 35.5. The number of rotatable bonds is 7. The van der Waals surface area contributed by atoms with Crippen LogP contribution < -0.4 is 10.1 Å². The smallest absolute Gasteiger partial charge is 0.262 e. The van der Waals surface area contributed by atoms with Crippen molar-refractivity contribution in [1.82, 2.24) is 4.90 Å². The Labute approximate surface area is 290 Å². The summed E-state index contributed by atoms with van der Waals surface area (Å²) in [7, 11) is 0. The topological polar surface area (TPSA) is 75.7 Å². The molecule has 0 fully saturated rings. The van der Waals surface area contributed by atoms with Gasteiger partial charge in [-0.25, -0.2) is 0 Å². The molecule has 244 valence electrons. The fraction of sp³-hybridized carbons (Fsp3) is 0.342. The fourth-order valence-electron chi connectivity index (χ4n) is 7.09. The van der Waals surface area contributed by atoms with Gasteiger partial charge in [0, 0.05) is 58.6 Å². The number of ketones is 2. The molecule has 1 amide bonds. The van der Waals surface area contributed by atoms with E-state index in [1.165, 1.54) is 0 Å². The minimum atomic E-state index is -0.614. The number of allylic oxidation sites excluding steroid dienone is 4. The van der Waals surface area contributed by atoms with E-state index in [2.05, 4.69) is 50.0 Å². The third-order valence-corrected chi connectivity index (χ3v) is 9.85. The molecular formula is C38H37Cl3N2O4. The van der Waals surface area contributed by atoms with Crippen molar-refractivity contribution < 1.29 is 19.1 Å². The number of benzene rings is 3. The molecule has 3 aromatic rings. The van der Waals surface area contributed by atoms with E-state index >= 15 is 0 Å². The lowest BCUT2D eigenvalue weighted by atomic mass is 9.63. The maximum atomic E-state index is 14.2. The van der Waals surface area contributed by atoms with Gasteiger partial charge in [0.25, 0.3) is 5.91 Å². The molecule has 9 heteroatoms. The number of nitrogens with zero attached hydrogens (tertiary/aromatic N) is 1. The van der Waals surface area contributed by atoms with E-state index in [9.17, 15) is 14.4 Å². The van der Waals surface area contributed by atoms with Crippen molar-refractivity contribution >= 4 is 58.0 Å². The minimum Gasteiger partial charge on any atom is -0.481 e. The molecule has 0 aromatic heterocycles. The maximum absolute atomic E-state index is 14.2. The highest BCUT2D eigenvalue weighted by Crippen LogP contribution is 2.55. The molecule has 0 unspecified atom stereocenters. The van der Waals surface area contributed by atoms with Crippen LogP contribution in [0.3, 0.4) is 0 Å². The summed E-state index contributed by atoms with van der Waals surface area (Å²) < 4.78 is 5.79. The summed E-state index contributed by atoms with van der Waals surface area (Å²) in [6.45, 7) is 8.70. The summed E-state index contributed by atoms with van der Waals surface area (Å²) in [5.74, 6) is -0.813. The van der Waals surface area contributed by atoms with Crippen molar-refractivity contribution in [3.63, 3.8) is 0 Å². The van der Waals surface area contributed by atoms with Crippen LogP contribution in [0.5, 0.6) is 5.75 Å². The zero-order valence-corrected chi connectivity index (χ0v) is 29.2. The van der Waals surface area contributed by atoms with Crippen LogP contribution in [0.15, 0.2) is 89.3 Å². The van der Waals surface area contributed by atoms with Gasteiger partial charge in [0.15, 0.2) is 23.9 Å². The molecule has 1 N–H and O–H groups in total. The average molecular weight is 692 g/mol. The Kier molecular flexibility index (Phi) is 9.07. The van der Waals surface area contributed by atoms with Crippen molar-refractivity contribution in [3.05, 3.63) is 115 Å². The van der Waals surface area contributed by atoms with E-state index in [0.717, 1.165) is 17.0 Å². The Morgan fingerprint density at radius 1 is 0.809 bits per heavy atom. The van der Waals surface area contributed by atoms with Gasteiger partial charge in [-0.3, -0.25) is 14.4 Å². The van der Waals surface area contributed by atoms with E-state index in [0.29, 0.717) is 59.6 Å². The van der Waals surface area contributed by atoms with E-state index < -0.39 is 11.8 Å². The Balaban J connectivity index is 1.40. The van der Waals surface area contributed by atoms with Crippen molar-refractivity contribution in [2.24, 2.45) is 10.8 Å². The molecule has 6 rings (SSSR count). The first-order valence-electron chi connectivity index (χ1n) is 15.7. The zero-order valence-electron chi connectivity index (χ0n) is 26.9. The number of amides is 1. The molecular weight excluding hydrogens is 655 g/mol. The summed E-state index contributed by atoms with van der Waals surface area (Å²) in [6, 6.07) is 20.3. The van der Waals surface area contributed by atoms with Crippen molar-refractivity contribution in [1.29, 1.82) is 0 Å². The molecule has 2 aliphatic carbocycles. The number of ether oxygens (including phenoxy) is 1. The van der Waals surface area contributed by atoms with Crippen molar-refractivity contribution in [3.8, 4) is 5.75 Å². The summed E-state index contributed by atoms with van der Waals surface area (Å²) in [5.41, 5.74) is 5.00. The van der Waals surface area contributed by atoms with Gasteiger partial charge in [-0.2, -0.15) is 0 Å². The van der Waals surface area contributed by atoms with E-state index in [1.807, 2.05) is 18.2 Å². The summed E-state index contributed by atoms with van der Waals surface area (Å²) >= 11 is 19.5. The van der Waals surface area contributed by atoms with Gasteiger partial charge in [-0.1, -0.05) is 92.8 Å². The van der Waals surface area contributed by atoms with Crippen molar-refractivity contribution in [2.45, 2.75) is 65.8 Å². The van der Waals surface area contributed by atoms with Gasteiger partial charge in [0.05, 0.1) is 10.0 Å². The molecule has 0 saturated carbocycles. The molecule has 0 saturated heterocycles. The molecule has 0 bridgehead atoms. The highest BCUT2D eigenvalue weighted by molar-refractivity contribution is 6.37. The number of hydrogen-bond acceptors (Lipinski definition) is 5. The fourth-order valence-corrected chi connectivity index (χ4v) is 7.83. The SMILES string of the molecule is CC1(C)CC(=O)C2=C(C1)N(Cc1ccccc1)C1=C(C(=O)CC(C)(C)C1)C2c1cc(Cl)c(OCC(=O)Nc2ccc(Cl)cc2)c(Cl)c1. The molecule has 0 atom stereocenters. The van der Waals surface area contributed by atoms with E-state index in [-0.39, 0.29) is 44.8 Å². The quantitative estimate of drug-likeness (QED) is 0.267. The molecule has 1 aliphatic heterocycles. The van der Waals surface area contributed by atoms with Gasteiger partial charge in [-0.05, 0) is 71.2 Å². The van der Waals surface area contributed by atoms with Gasteiger partial charge in [0.1, 0.15) is 0 Å². The number of nitrogens with one attached hydrogen (secondary N) is 1. The van der Waals surface area contributed by atoms with Crippen LogP contribution in [0, 0.1) is 10.8 Å². The molecule has 47 heavy (non-hydrogen) atoms. The van der Waals surface area contributed by atoms with Crippen LogP contribution >= 0.6 is 34.8 Å². The van der Waals surface area contributed by atoms with Crippen LogP contribution in [0.25, 0.3) is 0 Å². The summed E-state index contributed by atoms with van der Waals surface area (Å²) in [5, 5.41) is 3.69. The normalized spacial score (nSPS) is 19.0. The molecule has 1 heterocycles. The van der Waals surface area contributed by atoms with Crippen LogP contribution in [0.1, 0.15) is 70.4 Å². The van der Waals surface area contributed by atoms with Crippen LogP contribution in [0.2, 0.25) is 15.1 Å². The predicted octanol–water partition coefficient (Wildman–Crippen LogP) is 9.55. The Morgan fingerprint density at radius 2 is 1.34 bits per heavy atom. The van der Waals surface area contributed by atoms with Gasteiger partial charge in [-0.15, -0.1) is 0 Å². The third-order valence-electron chi connectivity index (χ3n) is 9.03. The highest BCUT2D eigenvalue weighted by Gasteiger charge is 2.49. The number of carbonyl (C=O) groups is 3. The van der Waals surface area contributed by atoms with Gasteiger partial charge in [0.2, 0.25) is 0 Å². The number of carbonyl (C=O) groups excluding carboxylic acids is 3. The van der Waals surface area contributed by atoms with Crippen LogP contribution in [0.4, 0.5) is 5.69 Å². The first-order valence-corrected chi connectivity index (χ1v) is 16.9. The average Bonchev–Trinajstić information content (AvgIpc) is 2.98. The third kappa shape index (κ3) is 7.01.